The molecule has 0 saturated carbocycles. The van der Waals surface area contributed by atoms with Gasteiger partial charge in [-0.3, -0.25) is 4.79 Å². The molecule has 0 radical (unpaired) electrons. The van der Waals surface area contributed by atoms with Crippen molar-refractivity contribution in [1.29, 1.82) is 0 Å². The van der Waals surface area contributed by atoms with Crippen LogP contribution in [0.15, 0.2) is 53.4 Å². The summed E-state index contributed by atoms with van der Waals surface area (Å²) in [6.07, 6.45) is 45.5. The predicted octanol–water partition coefficient (Wildman–Crippen LogP) is 17.6. The fraction of sp³-hybridized carbons (Fsp3) is 0.712. The Kier molecular flexibility index (Phi) is 33.1. The van der Waals surface area contributed by atoms with Gasteiger partial charge in [0.05, 0.1) is 13.2 Å². The maximum atomic E-state index is 13.0. The fourth-order valence-electron chi connectivity index (χ4n) is 7.37. The Morgan fingerprint density at radius 3 is 1.27 bits per heavy atom. The summed E-state index contributed by atoms with van der Waals surface area (Å²) < 4.78 is 12.7. The molecule has 2 aromatic rings. The molecule has 0 fully saturated rings. The van der Waals surface area contributed by atoms with Crippen molar-refractivity contribution in [2.45, 2.75) is 225 Å². The number of hydrogen-bond donors (Lipinski definition) is 0. The molecular weight excluding hydrogens is 705 g/mol. The van der Waals surface area contributed by atoms with Gasteiger partial charge in [0.1, 0.15) is 0 Å². The van der Waals surface area contributed by atoms with Gasteiger partial charge in [0, 0.05) is 10.5 Å². The van der Waals surface area contributed by atoms with Crippen molar-refractivity contribution in [3.05, 3.63) is 59.7 Å². The predicted molar refractivity (Wildman–Crippen MR) is 248 cm³/mol. The number of thioether (sulfide) groups is 1. The van der Waals surface area contributed by atoms with Crippen molar-refractivity contribution in [3.8, 4) is 11.5 Å². The maximum absolute atomic E-state index is 13.0. The lowest BCUT2D eigenvalue weighted by atomic mass is 10.0. The summed E-state index contributed by atoms with van der Waals surface area (Å²) in [5.41, 5.74) is 1.68. The first kappa shape index (κ1) is 49.9. The van der Waals surface area contributed by atoms with Crippen molar-refractivity contribution in [3.63, 3.8) is 0 Å². The monoisotopic (exact) mass is 791 g/mol. The summed E-state index contributed by atoms with van der Waals surface area (Å²) in [5, 5.41) is 0. The minimum absolute atomic E-state index is 0.0193. The molecule has 0 amide bonds. The number of ether oxygens (including phenoxy) is 2. The van der Waals surface area contributed by atoms with Crippen LogP contribution in [0.3, 0.4) is 0 Å². The normalized spacial score (nSPS) is 11.5. The Morgan fingerprint density at radius 2 is 0.857 bits per heavy atom. The average Bonchev–Trinajstić information content (AvgIpc) is 3.22. The second kappa shape index (κ2) is 37.1. The van der Waals surface area contributed by atoms with E-state index in [1.165, 1.54) is 185 Å². The summed E-state index contributed by atoms with van der Waals surface area (Å²) in [7, 11) is 0. The molecule has 0 spiro atoms. The van der Waals surface area contributed by atoms with Crippen LogP contribution >= 0.6 is 11.8 Å². The highest BCUT2D eigenvalue weighted by atomic mass is 32.2. The molecule has 0 aliphatic heterocycles. The first-order valence-electron chi connectivity index (χ1n) is 24.0. The van der Waals surface area contributed by atoms with Crippen molar-refractivity contribution >= 4 is 23.6 Å². The van der Waals surface area contributed by atoms with E-state index < -0.39 is 0 Å². The average molecular weight is 791 g/mol. The third kappa shape index (κ3) is 27.4. The van der Waals surface area contributed by atoms with Gasteiger partial charge in [-0.2, -0.15) is 0 Å². The van der Waals surface area contributed by atoms with Gasteiger partial charge in [-0.15, -0.1) is 11.8 Å². The van der Waals surface area contributed by atoms with E-state index in [0.29, 0.717) is 13.2 Å². The van der Waals surface area contributed by atoms with E-state index in [0.717, 1.165) is 47.6 Å². The number of unbranched alkanes of at least 4 members (excludes halogenated alkanes) is 28. The van der Waals surface area contributed by atoms with Crippen LogP contribution in [-0.4, -0.2) is 24.7 Å². The molecule has 0 unspecified atom stereocenters. The minimum Gasteiger partial charge on any atom is -0.490 e. The fourth-order valence-corrected chi connectivity index (χ4v) is 8.14. The summed E-state index contributed by atoms with van der Waals surface area (Å²) >= 11 is 1.83. The minimum atomic E-state index is 0.0193. The molecule has 318 valence electrons. The number of carbonyl (C=O) groups excluding carboxylic acids is 1. The number of benzene rings is 2. The van der Waals surface area contributed by atoms with Gasteiger partial charge in [-0.25, -0.2) is 0 Å². The van der Waals surface area contributed by atoms with Gasteiger partial charge in [-0.05, 0) is 73.1 Å². The van der Waals surface area contributed by atoms with Crippen LogP contribution in [0.4, 0.5) is 0 Å². The van der Waals surface area contributed by atoms with E-state index in [4.69, 9.17) is 9.47 Å². The number of rotatable bonds is 40. The highest BCUT2D eigenvalue weighted by Crippen LogP contribution is 2.30. The summed E-state index contributed by atoms with van der Waals surface area (Å²) in [4.78, 5) is 14.2. The van der Waals surface area contributed by atoms with E-state index in [9.17, 15) is 4.79 Å². The molecule has 2 rings (SSSR count). The van der Waals surface area contributed by atoms with E-state index >= 15 is 0 Å². The molecule has 0 saturated heterocycles. The molecule has 56 heavy (non-hydrogen) atoms. The molecule has 2 aromatic carbocycles. The molecule has 0 aliphatic rings. The Labute approximate surface area is 351 Å². The Morgan fingerprint density at radius 1 is 0.464 bits per heavy atom. The number of ketones is 1. The Hall–Kier alpha value is -2.20. The molecule has 0 aliphatic carbocycles. The van der Waals surface area contributed by atoms with Gasteiger partial charge in [-0.1, -0.05) is 213 Å². The largest absolute Gasteiger partial charge is 0.490 e. The molecule has 0 aromatic heterocycles. The van der Waals surface area contributed by atoms with Gasteiger partial charge >= 0.3 is 0 Å². The van der Waals surface area contributed by atoms with Crippen LogP contribution in [0.25, 0.3) is 6.08 Å². The summed E-state index contributed by atoms with van der Waals surface area (Å²) in [5.74, 6) is 2.73. The zero-order chi connectivity index (χ0) is 40.0. The second-order valence-electron chi connectivity index (χ2n) is 16.4. The number of carbonyl (C=O) groups is 1. The van der Waals surface area contributed by atoms with E-state index in [1.54, 1.807) is 6.08 Å². The Balaban J connectivity index is 1.71. The SMILES string of the molecule is CCCCCCCCCCCCCCCCCOc1ccc(C=CC(=O)c2ccc(SCCC)cc2)cc1OCCCCCCCCCCCCCCCCC. The molecule has 0 atom stereocenters. The standard InChI is InChI=1S/C52H86O3S/c1-4-7-9-11-13-15-17-19-21-23-25-27-29-31-33-43-54-51-42-36-47(35-41-50(53)48-37-39-49(40-38-48)56-45-6-3)46-52(51)55-44-34-32-30-28-26-24-22-20-18-16-14-12-10-8-5-2/h35-42,46H,4-34,43-45H2,1-3H3. The topological polar surface area (TPSA) is 35.5 Å². The lowest BCUT2D eigenvalue weighted by molar-refractivity contribution is 0.104. The molecule has 0 bridgehead atoms. The third-order valence-electron chi connectivity index (χ3n) is 11.0. The van der Waals surface area contributed by atoms with Crippen molar-refractivity contribution in [2.75, 3.05) is 19.0 Å². The molecule has 0 N–H and O–H groups in total. The first-order valence-corrected chi connectivity index (χ1v) is 25.0. The zero-order valence-electron chi connectivity index (χ0n) is 36.9. The quantitative estimate of drug-likeness (QED) is 0.0291. The van der Waals surface area contributed by atoms with Crippen molar-refractivity contribution in [1.82, 2.24) is 0 Å². The van der Waals surface area contributed by atoms with Gasteiger partial charge < -0.3 is 9.47 Å². The molecular formula is C52H86O3S. The van der Waals surface area contributed by atoms with E-state index in [-0.39, 0.29) is 5.78 Å². The maximum Gasteiger partial charge on any atom is 0.185 e. The van der Waals surface area contributed by atoms with Crippen LogP contribution in [0, 0.1) is 0 Å². The number of hydrogen-bond acceptors (Lipinski definition) is 4. The van der Waals surface area contributed by atoms with Gasteiger partial charge in [0.25, 0.3) is 0 Å². The van der Waals surface area contributed by atoms with Crippen molar-refractivity contribution < 1.29 is 14.3 Å². The molecule has 3 nitrogen and oxygen atoms in total. The summed E-state index contributed by atoms with van der Waals surface area (Å²) in [6.45, 7) is 8.19. The van der Waals surface area contributed by atoms with E-state index in [2.05, 4.69) is 32.9 Å². The van der Waals surface area contributed by atoms with Gasteiger partial charge in [0.15, 0.2) is 17.3 Å². The van der Waals surface area contributed by atoms with Crippen LogP contribution in [0.1, 0.15) is 236 Å². The third-order valence-corrected chi connectivity index (χ3v) is 12.2. The lowest BCUT2D eigenvalue weighted by Gasteiger charge is -2.14. The highest BCUT2D eigenvalue weighted by molar-refractivity contribution is 7.99. The lowest BCUT2D eigenvalue weighted by Crippen LogP contribution is -2.03. The Bertz CT molecular complexity index is 1210. The first-order chi connectivity index (χ1) is 27.7. The van der Waals surface area contributed by atoms with Crippen molar-refractivity contribution in [2.24, 2.45) is 0 Å². The molecule has 0 heterocycles. The smallest absolute Gasteiger partial charge is 0.185 e. The van der Waals surface area contributed by atoms with Crippen LogP contribution < -0.4 is 9.47 Å². The van der Waals surface area contributed by atoms with Crippen LogP contribution in [0.5, 0.6) is 11.5 Å². The van der Waals surface area contributed by atoms with Gasteiger partial charge in [0.2, 0.25) is 0 Å². The molecule has 4 heteroatoms. The highest BCUT2D eigenvalue weighted by Gasteiger charge is 2.08. The van der Waals surface area contributed by atoms with Crippen LogP contribution in [-0.2, 0) is 0 Å². The second-order valence-corrected chi connectivity index (χ2v) is 17.5. The van der Waals surface area contributed by atoms with E-state index in [1.807, 2.05) is 48.2 Å². The van der Waals surface area contributed by atoms with Crippen LogP contribution in [0.2, 0.25) is 0 Å². The zero-order valence-corrected chi connectivity index (χ0v) is 37.7. The number of allylic oxidation sites excluding steroid dienone is 1. The summed E-state index contributed by atoms with van der Waals surface area (Å²) in [6, 6.07) is 14.1.